The van der Waals surface area contributed by atoms with Crippen molar-refractivity contribution in [3.05, 3.63) is 65.6 Å². The standard InChI is InChI=1S/C15H12ClN3/c1-11-10-19(12-6-8-17-9-7-12)18-15(11)13-4-2-3-5-14(13)16/h2-10H,1H3. The summed E-state index contributed by atoms with van der Waals surface area (Å²) in [5.41, 5.74) is 3.93. The summed E-state index contributed by atoms with van der Waals surface area (Å²) in [5.74, 6) is 0. The summed E-state index contributed by atoms with van der Waals surface area (Å²) in [7, 11) is 0. The molecule has 0 N–H and O–H groups in total. The topological polar surface area (TPSA) is 30.7 Å². The highest BCUT2D eigenvalue weighted by molar-refractivity contribution is 6.33. The monoisotopic (exact) mass is 269 g/mol. The van der Waals surface area contributed by atoms with Gasteiger partial charge in [0, 0.05) is 24.2 Å². The lowest BCUT2D eigenvalue weighted by Gasteiger charge is -2.02. The van der Waals surface area contributed by atoms with Crippen molar-refractivity contribution in [2.24, 2.45) is 0 Å². The van der Waals surface area contributed by atoms with Crippen LogP contribution in [0.2, 0.25) is 5.02 Å². The van der Waals surface area contributed by atoms with E-state index < -0.39 is 0 Å². The van der Waals surface area contributed by atoms with Crippen LogP contribution in [0.1, 0.15) is 5.56 Å². The summed E-state index contributed by atoms with van der Waals surface area (Å²) in [6.07, 6.45) is 5.50. The molecule has 0 amide bonds. The van der Waals surface area contributed by atoms with Crippen molar-refractivity contribution in [1.82, 2.24) is 14.8 Å². The molecular formula is C15H12ClN3. The highest BCUT2D eigenvalue weighted by Crippen LogP contribution is 2.29. The largest absolute Gasteiger partial charge is 0.265 e. The minimum atomic E-state index is 0.713. The lowest BCUT2D eigenvalue weighted by atomic mass is 10.1. The summed E-state index contributed by atoms with van der Waals surface area (Å²) < 4.78 is 1.84. The van der Waals surface area contributed by atoms with Crippen LogP contribution in [0.4, 0.5) is 0 Å². The quantitative estimate of drug-likeness (QED) is 0.706. The van der Waals surface area contributed by atoms with Gasteiger partial charge in [-0.3, -0.25) is 4.98 Å². The highest BCUT2D eigenvalue weighted by atomic mass is 35.5. The van der Waals surface area contributed by atoms with E-state index >= 15 is 0 Å². The molecule has 0 fully saturated rings. The first-order valence-electron chi connectivity index (χ1n) is 5.97. The Balaban J connectivity index is 2.11. The Kier molecular flexibility index (Phi) is 3.05. The number of halogens is 1. The SMILES string of the molecule is Cc1cn(-c2ccncc2)nc1-c1ccccc1Cl. The molecule has 0 atom stereocenters. The summed E-state index contributed by atoms with van der Waals surface area (Å²) in [6.45, 7) is 2.03. The number of nitrogens with zero attached hydrogens (tertiary/aromatic N) is 3. The molecule has 0 spiro atoms. The molecule has 3 nitrogen and oxygen atoms in total. The number of pyridine rings is 1. The fraction of sp³-hybridized carbons (Fsp3) is 0.0667. The van der Waals surface area contributed by atoms with E-state index in [1.165, 1.54) is 0 Å². The number of hydrogen-bond donors (Lipinski definition) is 0. The first-order valence-corrected chi connectivity index (χ1v) is 6.35. The van der Waals surface area contributed by atoms with Crippen molar-refractivity contribution < 1.29 is 0 Å². The van der Waals surface area contributed by atoms with Crippen molar-refractivity contribution in [2.45, 2.75) is 6.92 Å². The molecule has 3 aromatic rings. The lowest BCUT2D eigenvalue weighted by Crippen LogP contribution is -1.94. The smallest absolute Gasteiger partial charge is 0.0971 e. The first kappa shape index (κ1) is 11.9. The molecule has 0 saturated heterocycles. The number of aryl methyl sites for hydroxylation is 1. The van der Waals surface area contributed by atoms with E-state index in [9.17, 15) is 0 Å². The summed E-state index contributed by atoms with van der Waals surface area (Å²) >= 11 is 6.23. The number of hydrogen-bond acceptors (Lipinski definition) is 2. The average molecular weight is 270 g/mol. The summed E-state index contributed by atoms with van der Waals surface area (Å²) in [5, 5.41) is 5.33. The number of benzene rings is 1. The third kappa shape index (κ3) is 2.25. The van der Waals surface area contributed by atoms with Crippen LogP contribution in [-0.4, -0.2) is 14.8 Å². The van der Waals surface area contributed by atoms with Gasteiger partial charge in [0.25, 0.3) is 0 Å². The van der Waals surface area contributed by atoms with Crippen LogP contribution in [0.25, 0.3) is 16.9 Å². The predicted octanol–water partition coefficient (Wildman–Crippen LogP) is 3.90. The van der Waals surface area contributed by atoms with Gasteiger partial charge in [-0.25, -0.2) is 4.68 Å². The molecule has 2 heterocycles. The van der Waals surface area contributed by atoms with E-state index in [-0.39, 0.29) is 0 Å². The van der Waals surface area contributed by atoms with Crippen LogP contribution in [0.3, 0.4) is 0 Å². The molecular weight excluding hydrogens is 258 g/mol. The number of rotatable bonds is 2. The van der Waals surface area contributed by atoms with Crippen molar-refractivity contribution in [2.75, 3.05) is 0 Å². The molecule has 0 aliphatic heterocycles. The van der Waals surface area contributed by atoms with E-state index in [0.29, 0.717) is 5.02 Å². The van der Waals surface area contributed by atoms with Gasteiger partial charge in [0.2, 0.25) is 0 Å². The Morgan fingerprint density at radius 1 is 1.05 bits per heavy atom. The van der Waals surface area contributed by atoms with Crippen molar-refractivity contribution in [3.63, 3.8) is 0 Å². The van der Waals surface area contributed by atoms with Gasteiger partial charge in [-0.15, -0.1) is 0 Å². The Hall–Kier alpha value is -2.13. The minimum absolute atomic E-state index is 0.713. The Morgan fingerprint density at radius 2 is 1.79 bits per heavy atom. The maximum atomic E-state index is 6.23. The minimum Gasteiger partial charge on any atom is -0.265 e. The van der Waals surface area contributed by atoms with Crippen molar-refractivity contribution in [3.8, 4) is 16.9 Å². The zero-order valence-electron chi connectivity index (χ0n) is 10.4. The Labute approximate surface area is 116 Å². The van der Waals surface area contributed by atoms with Crippen LogP contribution >= 0.6 is 11.6 Å². The molecule has 0 aliphatic rings. The van der Waals surface area contributed by atoms with Gasteiger partial charge < -0.3 is 0 Å². The van der Waals surface area contributed by atoms with Gasteiger partial charge in [0.1, 0.15) is 0 Å². The molecule has 3 rings (SSSR count). The normalized spacial score (nSPS) is 10.6. The van der Waals surface area contributed by atoms with E-state index in [0.717, 1.165) is 22.5 Å². The second-order valence-corrected chi connectivity index (χ2v) is 4.70. The Bertz CT molecular complexity index is 704. The van der Waals surface area contributed by atoms with Crippen LogP contribution in [-0.2, 0) is 0 Å². The van der Waals surface area contributed by atoms with Gasteiger partial charge in [-0.2, -0.15) is 5.10 Å². The second-order valence-electron chi connectivity index (χ2n) is 4.29. The van der Waals surface area contributed by atoms with Gasteiger partial charge in [0.15, 0.2) is 0 Å². The van der Waals surface area contributed by atoms with Crippen LogP contribution < -0.4 is 0 Å². The van der Waals surface area contributed by atoms with E-state index in [2.05, 4.69) is 10.1 Å². The van der Waals surface area contributed by atoms with Gasteiger partial charge in [0.05, 0.1) is 16.4 Å². The Morgan fingerprint density at radius 3 is 2.53 bits per heavy atom. The molecule has 0 bridgehead atoms. The zero-order valence-corrected chi connectivity index (χ0v) is 11.2. The van der Waals surface area contributed by atoms with Crippen molar-refractivity contribution in [1.29, 1.82) is 0 Å². The fourth-order valence-corrected chi connectivity index (χ4v) is 2.23. The summed E-state index contributed by atoms with van der Waals surface area (Å²) in [4.78, 5) is 4.01. The third-order valence-corrected chi connectivity index (χ3v) is 3.28. The molecule has 0 saturated carbocycles. The highest BCUT2D eigenvalue weighted by Gasteiger charge is 2.11. The van der Waals surface area contributed by atoms with Crippen LogP contribution in [0.15, 0.2) is 55.0 Å². The maximum Gasteiger partial charge on any atom is 0.0971 e. The maximum absolute atomic E-state index is 6.23. The van der Waals surface area contributed by atoms with Gasteiger partial charge >= 0.3 is 0 Å². The molecule has 0 radical (unpaired) electrons. The summed E-state index contributed by atoms with van der Waals surface area (Å²) in [6, 6.07) is 11.6. The lowest BCUT2D eigenvalue weighted by molar-refractivity contribution is 0.881. The van der Waals surface area contributed by atoms with Crippen molar-refractivity contribution >= 4 is 11.6 Å². The first-order chi connectivity index (χ1) is 9.25. The molecule has 0 aliphatic carbocycles. The van der Waals surface area contributed by atoms with Crippen LogP contribution in [0, 0.1) is 6.92 Å². The van der Waals surface area contributed by atoms with Crippen LogP contribution in [0.5, 0.6) is 0 Å². The van der Waals surface area contributed by atoms with E-state index in [1.54, 1.807) is 12.4 Å². The van der Waals surface area contributed by atoms with E-state index in [1.807, 2.05) is 54.2 Å². The molecule has 4 heteroatoms. The molecule has 1 aromatic carbocycles. The third-order valence-electron chi connectivity index (χ3n) is 2.95. The predicted molar refractivity (Wildman–Crippen MR) is 76.5 cm³/mol. The molecule has 2 aromatic heterocycles. The molecule has 19 heavy (non-hydrogen) atoms. The van der Waals surface area contributed by atoms with E-state index in [4.69, 9.17) is 11.6 Å². The molecule has 94 valence electrons. The molecule has 0 unspecified atom stereocenters. The van der Waals surface area contributed by atoms with Gasteiger partial charge in [-0.1, -0.05) is 29.8 Å². The second kappa shape index (κ2) is 4.86. The fourth-order valence-electron chi connectivity index (χ4n) is 2.01. The van der Waals surface area contributed by atoms with Gasteiger partial charge in [-0.05, 0) is 30.7 Å². The number of aromatic nitrogens is 3. The zero-order chi connectivity index (χ0) is 13.2. The average Bonchev–Trinajstić information content (AvgIpc) is 2.82.